The molecule has 0 spiro atoms. The van der Waals surface area contributed by atoms with Crippen LogP contribution in [0.2, 0.25) is 0 Å². The number of anilines is 3. The summed E-state index contributed by atoms with van der Waals surface area (Å²) in [4.78, 5) is 13.9. The number of hydrogen-bond donors (Lipinski definition) is 2. The molecule has 19 heavy (non-hydrogen) atoms. The Labute approximate surface area is 108 Å². The molecule has 0 unspecified atom stereocenters. The number of benzene rings is 1. The van der Waals surface area contributed by atoms with Crippen LogP contribution in [0.5, 0.6) is 0 Å². The zero-order valence-corrected chi connectivity index (χ0v) is 9.70. The van der Waals surface area contributed by atoms with Crippen molar-refractivity contribution in [3.63, 3.8) is 0 Å². The van der Waals surface area contributed by atoms with Crippen LogP contribution in [0.3, 0.4) is 0 Å². The van der Waals surface area contributed by atoms with E-state index in [1.807, 2.05) is 6.07 Å². The largest absolute Gasteiger partial charge is 0.378 e. The molecule has 0 radical (unpaired) electrons. The standard InChI is InChI=1S/C12H9N5O2/c13-7-8-2-1-3-9(6-8)15-11-5-4-10(17(18)19)12(14)16-11/h1-6H,(H3,14,15,16). The lowest BCUT2D eigenvalue weighted by Crippen LogP contribution is -2.01. The summed E-state index contributed by atoms with van der Waals surface area (Å²) >= 11 is 0. The van der Waals surface area contributed by atoms with E-state index < -0.39 is 4.92 Å². The maximum absolute atomic E-state index is 10.6. The van der Waals surface area contributed by atoms with E-state index in [4.69, 9.17) is 11.0 Å². The van der Waals surface area contributed by atoms with E-state index in [-0.39, 0.29) is 11.5 Å². The molecule has 0 aliphatic heterocycles. The number of rotatable bonds is 3. The minimum absolute atomic E-state index is 0.161. The topological polar surface area (TPSA) is 118 Å². The normalized spacial score (nSPS) is 9.63. The van der Waals surface area contributed by atoms with E-state index in [1.54, 1.807) is 24.3 Å². The van der Waals surface area contributed by atoms with Crippen LogP contribution in [0.4, 0.5) is 23.0 Å². The predicted molar refractivity (Wildman–Crippen MR) is 69.7 cm³/mol. The highest BCUT2D eigenvalue weighted by molar-refractivity contribution is 5.63. The first-order valence-electron chi connectivity index (χ1n) is 5.28. The summed E-state index contributed by atoms with van der Waals surface area (Å²) in [6, 6.07) is 11.5. The minimum atomic E-state index is -0.595. The quantitative estimate of drug-likeness (QED) is 0.641. The van der Waals surface area contributed by atoms with E-state index in [0.29, 0.717) is 17.1 Å². The van der Waals surface area contributed by atoms with Gasteiger partial charge in [0.25, 0.3) is 0 Å². The van der Waals surface area contributed by atoms with Crippen molar-refractivity contribution in [1.29, 1.82) is 5.26 Å². The highest BCUT2D eigenvalue weighted by Gasteiger charge is 2.12. The van der Waals surface area contributed by atoms with Crippen LogP contribution in [0, 0.1) is 21.4 Å². The summed E-state index contributed by atoms with van der Waals surface area (Å²) in [6.45, 7) is 0. The average molecular weight is 255 g/mol. The molecule has 0 fully saturated rings. The molecule has 3 N–H and O–H groups in total. The van der Waals surface area contributed by atoms with Crippen LogP contribution in [0.1, 0.15) is 5.56 Å². The molecule has 0 saturated heterocycles. The second kappa shape index (κ2) is 5.01. The van der Waals surface area contributed by atoms with Gasteiger partial charge in [-0.1, -0.05) is 6.07 Å². The first-order valence-corrected chi connectivity index (χ1v) is 5.28. The van der Waals surface area contributed by atoms with Crippen molar-refractivity contribution >= 4 is 23.0 Å². The molecule has 0 aliphatic rings. The molecule has 94 valence electrons. The van der Waals surface area contributed by atoms with Crippen LogP contribution < -0.4 is 11.1 Å². The number of nitriles is 1. The lowest BCUT2D eigenvalue weighted by molar-refractivity contribution is -0.384. The van der Waals surface area contributed by atoms with Crippen molar-refractivity contribution in [1.82, 2.24) is 4.98 Å². The first-order chi connectivity index (χ1) is 9.10. The van der Waals surface area contributed by atoms with Crippen LogP contribution in [0.15, 0.2) is 36.4 Å². The number of nitrogen functional groups attached to an aromatic ring is 1. The maximum Gasteiger partial charge on any atom is 0.311 e. The molecule has 7 nitrogen and oxygen atoms in total. The van der Waals surface area contributed by atoms with Gasteiger partial charge in [0.1, 0.15) is 5.82 Å². The molecule has 1 aromatic carbocycles. The Kier molecular flexibility index (Phi) is 3.25. The summed E-state index contributed by atoms with van der Waals surface area (Å²) < 4.78 is 0. The van der Waals surface area contributed by atoms with Crippen LogP contribution in [-0.4, -0.2) is 9.91 Å². The van der Waals surface area contributed by atoms with Crippen LogP contribution in [-0.2, 0) is 0 Å². The third kappa shape index (κ3) is 2.76. The van der Waals surface area contributed by atoms with E-state index in [9.17, 15) is 10.1 Å². The fourth-order valence-electron chi connectivity index (χ4n) is 1.51. The second-order valence-electron chi connectivity index (χ2n) is 3.68. The molecule has 2 aromatic rings. The van der Waals surface area contributed by atoms with Crippen molar-refractivity contribution in [2.45, 2.75) is 0 Å². The Morgan fingerprint density at radius 2 is 2.16 bits per heavy atom. The summed E-state index contributed by atoms with van der Waals surface area (Å²) in [7, 11) is 0. The molecular formula is C12H9N5O2. The molecule has 1 heterocycles. The van der Waals surface area contributed by atoms with Crippen molar-refractivity contribution in [3.05, 3.63) is 52.1 Å². The van der Waals surface area contributed by atoms with E-state index in [2.05, 4.69) is 10.3 Å². The Balaban J connectivity index is 2.26. The molecule has 0 aliphatic carbocycles. The van der Waals surface area contributed by atoms with Gasteiger partial charge in [0.2, 0.25) is 5.82 Å². The Hall–Kier alpha value is -3.14. The highest BCUT2D eigenvalue weighted by atomic mass is 16.6. The zero-order chi connectivity index (χ0) is 13.8. The molecule has 0 atom stereocenters. The van der Waals surface area contributed by atoms with Gasteiger partial charge in [0, 0.05) is 11.8 Å². The molecule has 2 rings (SSSR count). The van der Waals surface area contributed by atoms with Gasteiger partial charge in [-0.2, -0.15) is 5.26 Å². The third-order valence-electron chi connectivity index (χ3n) is 2.36. The number of pyridine rings is 1. The fraction of sp³-hybridized carbons (Fsp3) is 0. The van der Waals surface area contributed by atoms with Crippen molar-refractivity contribution < 1.29 is 4.92 Å². The number of nitro groups is 1. The average Bonchev–Trinajstić information content (AvgIpc) is 2.38. The van der Waals surface area contributed by atoms with Crippen molar-refractivity contribution in [2.24, 2.45) is 0 Å². The van der Waals surface area contributed by atoms with Crippen molar-refractivity contribution in [2.75, 3.05) is 11.1 Å². The smallest absolute Gasteiger partial charge is 0.311 e. The number of hydrogen-bond acceptors (Lipinski definition) is 6. The van der Waals surface area contributed by atoms with Crippen LogP contribution in [0.25, 0.3) is 0 Å². The van der Waals surface area contributed by atoms with Gasteiger partial charge in [-0.25, -0.2) is 4.98 Å². The molecule has 0 saturated carbocycles. The summed E-state index contributed by atoms with van der Waals surface area (Å²) in [5.41, 5.74) is 6.40. The Bertz CT molecular complexity index is 678. The van der Waals surface area contributed by atoms with Gasteiger partial charge in [-0.3, -0.25) is 10.1 Å². The number of nitrogens with two attached hydrogens (primary N) is 1. The van der Waals surface area contributed by atoms with Gasteiger partial charge >= 0.3 is 5.69 Å². The third-order valence-corrected chi connectivity index (χ3v) is 2.36. The first kappa shape index (κ1) is 12.3. The SMILES string of the molecule is N#Cc1cccc(Nc2ccc([N+](=O)[O-])c(N)n2)c1. The second-order valence-corrected chi connectivity index (χ2v) is 3.68. The minimum Gasteiger partial charge on any atom is -0.378 e. The molecular weight excluding hydrogens is 246 g/mol. The van der Waals surface area contributed by atoms with Crippen LogP contribution >= 0.6 is 0 Å². The lowest BCUT2D eigenvalue weighted by Gasteiger charge is -2.06. The van der Waals surface area contributed by atoms with Gasteiger partial charge in [0.05, 0.1) is 16.6 Å². The fourth-order valence-corrected chi connectivity index (χ4v) is 1.51. The van der Waals surface area contributed by atoms with E-state index >= 15 is 0 Å². The molecule has 7 heteroatoms. The van der Waals surface area contributed by atoms with Crippen molar-refractivity contribution in [3.8, 4) is 6.07 Å². The van der Waals surface area contributed by atoms with E-state index in [0.717, 1.165) is 0 Å². The summed E-state index contributed by atoms with van der Waals surface area (Å²) in [6.07, 6.45) is 0. The van der Waals surface area contributed by atoms with Gasteiger partial charge < -0.3 is 11.1 Å². The molecule has 0 amide bonds. The summed E-state index contributed by atoms with van der Waals surface area (Å²) in [5, 5.41) is 22.3. The lowest BCUT2D eigenvalue weighted by atomic mass is 10.2. The van der Waals surface area contributed by atoms with Gasteiger partial charge in [-0.05, 0) is 24.3 Å². The summed E-state index contributed by atoms with van der Waals surface area (Å²) in [5.74, 6) is 0.213. The number of nitrogens with one attached hydrogen (secondary N) is 1. The maximum atomic E-state index is 10.6. The Morgan fingerprint density at radius 3 is 2.79 bits per heavy atom. The monoisotopic (exact) mass is 255 g/mol. The number of aromatic nitrogens is 1. The highest BCUT2D eigenvalue weighted by Crippen LogP contribution is 2.23. The predicted octanol–water partition coefficient (Wildman–Crippen LogP) is 2.19. The Morgan fingerprint density at radius 1 is 1.37 bits per heavy atom. The van der Waals surface area contributed by atoms with E-state index in [1.165, 1.54) is 12.1 Å². The number of nitrogens with zero attached hydrogens (tertiary/aromatic N) is 3. The van der Waals surface area contributed by atoms with Gasteiger partial charge in [-0.15, -0.1) is 0 Å². The van der Waals surface area contributed by atoms with Gasteiger partial charge in [0.15, 0.2) is 0 Å². The molecule has 0 bridgehead atoms. The molecule has 1 aromatic heterocycles. The zero-order valence-electron chi connectivity index (χ0n) is 9.70.